The standard InChI is InChI=1S/C23H32F3N5O4/c1-21(2,3)16(30-20(35)23(24,25)26)19(34)31-10-13-14(22(13,4)5)15(31)18(33)29-12(9-27)8-11-6-7-28-17(11)32/h11-16H,6-8,10H2,1-5H3,(H,28,32)(H,29,33)(H,30,35)/t11-,12-,13-,14-,15-,16+/m0/s1/i1D3,2D3,3D3,4D3,5D3,7D2,15D. The highest BCUT2D eigenvalue weighted by atomic mass is 19.4. The van der Waals surface area contributed by atoms with Gasteiger partial charge >= 0.3 is 12.1 Å². The second kappa shape index (κ2) is 8.99. The Labute approximate surface area is 227 Å². The van der Waals surface area contributed by atoms with E-state index in [1.807, 2.05) is 10.6 Å². The van der Waals surface area contributed by atoms with E-state index in [1.54, 1.807) is 0 Å². The predicted octanol–water partition coefficient (Wildman–Crippen LogP) is 1.10. The van der Waals surface area contributed by atoms with Crippen LogP contribution in [0, 0.1) is 39.9 Å². The zero-order chi connectivity index (χ0) is 41.7. The molecule has 2 aliphatic heterocycles. The predicted molar refractivity (Wildman–Crippen MR) is 117 cm³/mol. The Morgan fingerprint density at radius 2 is 2.03 bits per heavy atom. The fourth-order valence-electron chi connectivity index (χ4n) is 4.08. The summed E-state index contributed by atoms with van der Waals surface area (Å²) in [5, 5.41) is 14.4. The van der Waals surface area contributed by atoms with Crippen LogP contribution in [0.15, 0.2) is 0 Å². The Bertz CT molecular complexity index is 1520. The molecule has 0 unspecified atom stereocenters. The van der Waals surface area contributed by atoms with Crippen LogP contribution in [0.1, 0.15) is 71.8 Å². The molecule has 1 saturated carbocycles. The van der Waals surface area contributed by atoms with Crippen molar-refractivity contribution >= 4 is 23.6 Å². The molecule has 0 aromatic carbocycles. The number of carbonyl (C=O) groups is 4. The maximum Gasteiger partial charge on any atom is 0.471 e. The first-order valence-electron chi connectivity index (χ1n) is 19.0. The van der Waals surface area contributed by atoms with Crippen molar-refractivity contribution in [2.24, 2.45) is 28.6 Å². The van der Waals surface area contributed by atoms with Crippen molar-refractivity contribution in [3.8, 4) is 6.07 Å². The van der Waals surface area contributed by atoms with Crippen molar-refractivity contribution < 1.29 is 57.0 Å². The van der Waals surface area contributed by atoms with E-state index in [0.29, 0.717) is 0 Å². The zero-order valence-electron chi connectivity index (χ0n) is 35.7. The molecule has 0 radical (unpaired) electrons. The van der Waals surface area contributed by atoms with Crippen LogP contribution in [0.4, 0.5) is 13.2 Å². The third-order valence-electron chi connectivity index (χ3n) is 5.96. The SMILES string of the molecule is [2H]C1([2H])C[C@@H](C[C@@H](C#N)NC(=O)[C@]2([2H])[C@@H]3[C@H](CN2C(=O)[C@@H](NC(=O)C(F)(F)F)C(C([2H])([2H])[2H])(C([2H])([2H])[2H])C([2H])([2H])[2H])C3(C([2H])([2H])[2H])C([2H])([2H])[2H])C(=O)N1. The average Bonchev–Trinajstić information content (AvgIpc) is 3.43. The molecule has 4 amide bonds. The Hall–Kier alpha value is -2.84. The Kier molecular flexibility index (Phi) is 2.95. The molecule has 9 nitrogen and oxygen atoms in total. The van der Waals surface area contributed by atoms with Gasteiger partial charge in [-0.05, 0) is 35.5 Å². The van der Waals surface area contributed by atoms with E-state index in [9.17, 15) is 39.0 Å². The molecule has 2 heterocycles. The lowest BCUT2D eigenvalue weighted by Crippen LogP contribution is -2.61. The Balaban J connectivity index is 2.32. The third kappa shape index (κ3) is 5.23. The van der Waals surface area contributed by atoms with Gasteiger partial charge < -0.3 is 20.9 Å². The second-order valence-electron chi connectivity index (χ2n) is 8.46. The van der Waals surface area contributed by atoms with Crippen LogP contribution in [0.5, 0.6) is 0 Å². The smallest absolute Gasteiger partial charge is 0.356 e. The van der Waals surface area contributed by atoms with E-state index in [1.165, 1.54) is 6.07 Å². The van der Waals surface area contributed by atoms with E-state index in [-0.39, 0.29) is 4.90 Å². The van der Waals surface area contributed by atoms with Gasteiger partial charge in [0.15, 0.2) is 0 Å². The van der Waals surface area contributed by atoms with Crippen molar-refractivity contribution in [1.82, 2.24) is 20.9 Å². The summed E-state index contributed by atoms with van der Waals surface area (Å²) in [5.41, 5.74) is -7.70. The maximum atomic E-state index is 14.4. The fourth-order valence-corrected chi connectivity index (χ4v) is 4.08. The summed E-state index contributed by atoms with van der Waals surface area (Å²) >= 11 is 0. The lowest BCUT2D eigenvalue weighted by atomic mass is 9.85. The summed E-state index contributed by atoms with van der Waals surface area (Å²) in [7, 11) is 0. The van der Waals surface area contributed by atoms with Gasteiger partial charge in [-0.3, -0.25) is 19.2 Å². The average molecular weight is 518 g/mol. The number of hydrogen-bond donors (Lipinski definition) is 3. The van der Waals surface area contributed by atoms with Gasteiger partial charge in [0.25, 0.3) is 0 Å². The molecule has 1 aliphatic carbocycles. The first kappa shape index (κ1) is 11.5. The summed E-state index contributed by atoms with van der Waals surface area (Å²) in [6.07, 6.45) is -7.31. The van der Waals surface area contributed by atoms with Crippen LogP contribution in [0.3, 0.4) is 0 Å². The van der Waals surface area contributed by atoms with Crippen LogP contribution in [0.25, 0.3) is 0 Å². The summed E-state index contributed by atoms with van der Waals surface area (Å²) in [6, 6.07) is -7.96. The van der Waals surface area contributed by atoms with Crippen LogP contribution < -0.4 is 16.0 Å². The van der Waals surface area contributed by atoms with E-state index in [0.717, 1.165) is 5.32 Å². The molecule has 6 atom stereocenters. The Morgan fingerprint density at radius 1 is 1.34 bits per heavy atom. The monoisotopic (exact) mass is 517 g/mol. The van der Waals surface area contributed by atoms with Gasteiger partial charge in [0.2, 0.25) is 17.7 Å². The third-order valence-corrected chi connectivity index (χ3v) is 5.96. The van der Waals surface area contributed by atoms with Gasteiger partial charge in [0.1, 0.15) is 18.1 Å². The number of rotatable bonds is 6. The van der Waals surface area contributed by atoms with E-state index in [2.05, 4.69) is 0 Å². The minimum absolute atomic E-state index is 0.234. The highest BCUT2D eigenvalue weighted by molar-refractivity contribution is 5.95. The van der Waals surface area contributed by atoms with Gasteiger partial charge in [-0.1, -0.05) is 34.3 Å². The number of hydrogen-bond acceptors (Lipinski definition) is 5. The molecule has 0 aromatic heterocycles. The second-order valence-corrected chi connectivity index (χ2v) is 8.46. The molecular formula is C23H32F3N5O4. The highest BCUT2D eigenvalue weighted by Crippen LogP contribution is 2.65. The summed E-state index contributed by atoms with van der Waals surface area (Å²) in [5.74, 6) is -14.3. The number of likely N-dealkylation sites (tertiary alicyclic amines) is 1. The van der Waals surface area contributed by atoms with Crippen LogP contribution >= 0.6 is 0 Å². The van der Waals surface area contributed by atoms with Crippen LogP contribution in [-0.4, -0.2) is 65.8 Å². The maximum absolute atomic E-state index is 14.4. The molecule has 3 rings (SSSR count). The number of nitrogens with one attached hydrogen (secondary N) is 3. The van der Waals surface area contributed by atoms with Crippen LogP contribution in [0.2, 0.25) is 0 Å². The number of carbonyl (C=O) groups excluding carboxylic acids is 4. The van der Waals surface area contributed by atoms with Crippen molar-refractivity contribution in [2.45, 2.75) is 71.4 Å². The van der Waals surface area contributed by atoms with Gasteiger partial charge in [0.05, 0.1) is 7.44 Å². The van der Waals surface area contributed by atoms with Gasteiger partial charge in [-0.15, -0.1) is 0 Å². The molecule has 3 aliphatic rings. The Morgan fingerprint density at radius 3 is 2.54 bits per heavy atom. The number of fused-ring (bicyclic) bond motifs is 1. The van der Waals surface area contributed by atoms with Gasteiger partial charge in [0, 0.05) is 42.3 Å². The lowest BCUT2D eigenvalue weighted by molar-refractivity contribution is -0.176. The minimum Gasteiger partial charge on any atom is -0.356 e. The minimum atomic E-state index is -6.05. The van der Waals surface area contributed by atoms with E-state index >= 15 is 0 Å². The molecule has 0 aromatic rings. The molecule has 0 bridgehead atoms. The normalized spacial score (nSPS) is 41.8. The number of nitriles is 1. The molecule has 194 valence electrons. The molecule has 3 fully saturated rings. The topological polar surface area (TPSA) is 131 Å². The molecular weight excluding hydrogens is 467 g/mol. The zero-order valence-corrected chi connectivity index (χ0v) is 17.7. The fraction of sp³-hybridized carbons (Fsp3) is 0.783. The van der Waals surface area contributed by atoms with Crippen molar-refractivity contribution in [3.63, 3.8) is 0 Å². The largest absolute Gasteiger partial charge is 0.471 e. The molecule has 35 heavy (non-hydrogen) atoms. The van der Waals surface area contributed by atoms with Gasteiger partial charge in [-0.2, -0.15) is 18.4 Å². The van der Waals surface area contributed by atoms with E-state index in [4.69, 9.17) is 23.3 Å². The first-order valence-corrected chi connectivity index (χ1v) is 10.0. The first-order chi connectivity index (χ1) is 23.3. The summed E-state index contributed by atoms with van der Waals surface area (Å²) in [4.78, 5) is 52.8. The molecule has 12 heteroatoms. The van der Waals surface area contributed by atoms with Gasteiger partial charge in [-0.25, -0.2) is 0 Å². The quantitative estimate of drug-likeness (QED) is 0.486. The summed E-state index contributed by atoms with van der Waals surface area (Å²) in [6.45, 7) is -24.4. The van der Waals surface area contributed by atoms with E-state index < -0.39 is 137 Å². The number of alkyl halides is 3. The highest BCUT2D eigenvalue weighted by Gasteiger charge is 2.70. The van der Waals surface area contributed by atoms with Crippen molar-refractivity contribution in [3.05, 3.63) is 0 Å². The van der Waals surface area contributed by atoms with Crippen LogP contribution in [-0.2, 0) is 19.2 Å². The molecule has 2 saturated heterocycles. The molecule has 0 spiro atoms. The number of piperidine rings is 1. The van der Waals surface area contributed by atoms with Crippen molar-refractivity contribution in [2.75, 3.05) is 13.0 Å². The number of nitrogens with zero attached hydrogens (tertiary/aromatic N) is 2. The molecule has 3 N–H and O–H groups in total. The number of amides is 4. The van der Waals surface area contributed by atoms with Crippen molar-refractivity contribution in [1.29, 1.82) is 5.26 Å². The lowest BCUT2D eigenvalue weighted by Gasteiger charge is -2.37. The number of halogens is 3. The summed E-state index contributed by atoms with van der Waals surface area (Å²) < 4.78 is 185.